The summed E-state index contributed by atoms with van der Waals surface area (Å²) >= 11 is 0. The molecule has 1 aromatic carbocycles. The molecule has 0 unspecified atom stereocenters. The molecular formula is C11H15ClN2O3. The van der Waals surface area contributed by atoms with Gasteiger partial charge in [0.05, 0.1) is 6.42 Å². The first-order valence-electron chi connectivity index (χ1n) is 5.15. The predicted octanol–water partition coefficient (Wildman–Crippen LogP) is 0.454. The molecule has 0 radical (unpaired) electrons. The molecule has 0 saturated heterocycles. The summed E-state index contributed by atoms with van der Waals surface area (Å²) in [6, 6.07) is 5.49. The van der Waals surface area contributed by atoms with Gasteiger partial charge in [0.15, 0.2) is 11.5 Å². The molecule has 0 bridgehead atoms. The van der Waals surface area contributed by atoms with Crippen molar-refractivity contribution in [3.63, 3.8) is 0 Å². The van der Waals surface area contributed by atoms with E-state index in [9.17, 15) is 4.79 Å². The Bertz CT molecular complexity index is 398. The third kappa shape index (κ3) is 3.51. The van der Waals surface area contributed by atoms with Gasteiger partial charge in [-0.05, 0) is 17.7 Å². The van der Waals surface area contributed by atoms with E-state index in [0.29, 0.717) is 25.3 Å². The van der Waals surface area contributed by atoms with Crippen LogP contribution in [0.5, 0.6) is 11.5 Å². The minimum absolute atomic E-state index is 0. The maximum Gasteiger partial charge on any atom is 0.231 e. The van der Waals surface area contributed by atoms with Crippen LogP contribution >= 0.6 is 12.4 Å². The number of rotatable bonds is 4. The molecule has 3 N–H and O–H groups in total. The Kier molecular flexibility index (Phi) is 5.06. The average Bonchev–Trinajstić information content (AvgIpc) is 2.73. The van der Waals surface area contributed by atoms with Crippen molar-refractivity contribution in [2.45, 2.75) is 6.42 Å². The van der Waals surface area contributed by atoms with Crippen molar-refractivity contribution in [2.75, 3.05) is 19.9 Å². The number of benzene rings is 1. The van der Waals surface area contributed by atoms with Crippen molar-refractivity contribution in [3.05, 3.63) is 23.8 Å². The van der Waals surface area contributed by atoms with Crippen LogP contribution < -0.4 is 20.5 Å². The molecule has 0 atom stereocenters. The summed E-state index contributed by atoms with van der Waals surface area (Å²) in [5.41, 5.74) is 6.19. The average molecular weight is 259 g/mol. The first-order chi connectivity index (χ1) is 7.79. The lowest BCUT2D eigenvalue weighted by Crippen LogP contribution is -2.30. The van der Waals surface area contributed by atoms with Gasteiger partial charge in [0, 0.05) is 13.1 Å². The highest BCUT2D eigenvalue weighted by atomic mass is 35.5. The van der Waals surface area contributed by atoms with Crippen LogP contribution in [0.2, 0.25) is 0 Å². The van der Waals surface area contributed by atoms with E-state index in [2.05, 4.69) is 5.32 Å². The summed E-state index contributed by atoms with van der Waals surface area (Å²) in [7, 11) is 0. The second-order valence-corrected chi connectivity index (χ2v) is 3.50. The molecule has 1 amide bonds. The molecule has 1 heterocycles. The van der Waals surface area contributed by atoms with E-state index in [1.165, 1.54) is 0 Å². The van der Waals surface area contributed by atoms with Gasteiger partial charge in [-0.1, -0.05) is 6.07 Å². The van der Waals surface area contributed by atoms with Crippen LogP contribution in [0.1, 0.15) is 5.56 Å². The number of fused-ring (bicyclic) bond motifs is 1. The van der Waals surface area contributed by atoms with Crippen LogP contribution in [-0.2, 0) is 11.2 Å². The third-order valence-electron chi connectivity index (χ3n) is 2.27. The van der Waals surface area contributed by atoms with Crippen molar-refractivity contribution in [1.82, 2.24) is 5.32 Å². The zero-order chi connectivity index (χ0) is 11.4. The van der Waals surface area contributed by atoms with E-state index in [1.54, 1.807) is 0 Å². The van der Waals surface area contributed by atoms with E-state index in [1.807, 2.05) is 18.2 Å². The minimum atomic E-state index is -0.0377. The summed E-state index contributed by atoms with van der Waals surface area (Å²) in [6.07, 6.45) is 0.330. The fourth-order valence-corrected chi connectivity index (χ4v) is 1.51. The second-order valence-electron chi connectivity index (χ2n) is 3.50. The number of hydrogen-bond acceptors (Lipinski definition) is 4. The van der Waals surface area contributed by atoms with Gasteiger partial charge in [0.25, 0.3) is 0 Å². The van der Waals surface area contributed by atoms with Crippen molar-refractivity contribution in [3.8, 4) is 11.5 Å². The van der Waals surface area contributed by atoms with Crippen LogP contribution in [0.15, 0.2) is 18.2 Å². The van der Waals surface area contributed by atoms with Crippen LogP contribution in [0, 0.1) is 0 Å². The van der Waals surface area contributed by atoms with Gasteiger partial charge in [-0.25, -0.2) is 0 Å². The highest BCUT2D eigenvalue weighted by molar-refractivity contribution is 5.85. The van der Waals surface area contributed by atoms with Gasteiger partial charge in [-0.3, -0.25) is 4.79 Å². The number of halogens is 1. The van der Waals surface area contributed by atoms with Gasteiger partial charge < -0.3 is 20.5 Å². The summed E-state index contributed by atoms with van der Waals surface area (Å²) in [6.45, 7) is 1.20. The van der Waals surface area contributed by atoms with Crippen molar-refractivity contribution >= 4 is 18.3 Å². The number of carbonyl (C=O) groups is 1. The normalized spacial score (nSPS) is 11.8. The molecule has 6 heteroatoms. The Hall–Kier alpha value is -1.46. The molecule has 0 spiro atoms. The molecule has 94 valence electrons. The number of nitrogens with two attached hydrogens (primary N) is 1. The lowest BCUT2D eigenvalue weighted by molar-refractivity contribution is -0.120. The zero-order valence-corrected chi connectivity index (χ0v) is 10.1. The van der Waals surface area contributed by atoms with E-state index < -0.39 is 0 Å². The molecule has 1 aliphatic rings. The summed E-state index contributed by atoms with van der Waals surface area (Å²) in [4.78, 5) is 11.4. The van der Waals surface area contributed by atoms with Crippen LogP contribution in [0.25, 0.3) is 0 Å². The smallest absolute Gasteiger partial charge is 0.231 e. The Morgan fingerprint density at radius 2 is 2.12 bits per heavy atom. The minimum Gasteiger partial charge on any atom is -0.454 e. The number of hydrogen-bond donors (Lipinski definition) is 2. The van der Waals surface area contributed by atoms with E-state index in [-0.39, 0.29) is 25.1 Å². The number of ether oxygens (including phenoxy) is 2. The standard InChI is InChI=1S/C11H14N2O3.ClH/c12-3-4-13-11(14)6-8-1-2-9-10(5-8)16-7-15-9;/h1-2,5H,3-4,6-7,12H2,(H,13,14);1H. The van der Waals surface area contributed by atoms with Gasteiger partial charge in [0.2, 0.25) is 12.7 Å². The Labute approximate surface area is 106 Å². The molecule has 5 nitrogen and oxygen atoms in total. The maximum atomic E-state index is 11.4. The fraction of sp³-hybridized carbons (Fsp3) is 0.364. The number of carbonyl (C=O) groups excluding carboxylic acids is 1. The third-order valence-corrected chi connectivity index (χ3v) is 2.27. The SMILES string of the molecule is Cl.NCCNC(=O)Cc1ccc2c(c1)OCO2. The lowest BCUT2D eigenvalue weighted by Gasteiger charge is -2.04. The molecule has 2 rings (SSSR count). The highest BCUT2D eigenvalue weighted by Crippen LogP contribution is 2.32. The molecule has 0 aliphatic carbocycles. The summed E-state index contributed by atoms with van der Waals surface area (Å²) in [5, 5.41) is 2.71. The Balaban J connectivity index is 0.00000144. The molecule has 0 fully saturated rings. The quantitative estimate of drug-likeness (QED) is 0.823. The zero-order valence-electron chi connectivity index (χ0n) is 9.27. The molecule has 1 aliphatic heterocycles. The molecule has 0 aromatic heterocycles. The van der Waals surface area contributed by atoms with Gasteiger partial charge in [-0.2, -0.15) is 0 Å². The van der Waals surface area contributed by atoms with Gasteiger partial charge >= 0.3 is 0 Å². The topological polar surface area (TPSA) is 73.6 Å². The van der Waals surface area contributed by atoms with Crippen LogP contribution in [0.3, 0.4) is 0 Å². The highest BCUT2D eigenvalue weighted by Gasteiger charge is 2.14. The van der Waals surface area contributed by atoms with Crippen molar-refractivity contribution < 1.29 is 14.3 Å². The molecule has 1 aromatic rings. The number of amides is 1. The van der Waals surface area contributed by atoms with E-state index in [4.69, 9.17) is 15.2 Å². The second kappa shape index (κ2) is 6.32. The fourth-order valence-electron chi connectivity index (χ4n) is 1.51. The van der Waals surface area contributed by atoms with Gasteiger partial charge in [0.1, 0.15) is 0 Å². The van der Waals surface area contributed by atoms with Crippen LogP contribution in [-0.4, -0.2) is 25.8 Å². The molecule has 17 heavy (non-hydrogen) atoms. The Morgan fingerprint density at radius 1 is 1.35 bits per heavy atom. The molecule has 0 saturated carbocycles. The van der Waals surface area contributed by atoms with Gasteiger partial charge in [-0.15, -0.1) is 12.4 Å². The van der Waals surface area contributed by atoms with Crippen molar-refractivity contribution in [2.24, 2.45) is 5.73 Å². The lowest BCUT2D eigenvalue weighted by atomic mass is 10.1. The first kappa shape index (κ1) is 13.6. The van der Waals surface area contributed by atoms with Crippen molar-refractivity contribution in [1.29, 1.82) is 0 Å². The predicted molar refractivity (Wildman–Crippen MR) is 65.6 cm³/mol. The first-order valence-corrected chi connectivity index (χ1v) is 5.15. The Morgan fingerprint density at radius 3 is 2.88 bits per heavy atom. The summed E-state index contributed by atoms with van der Waals surface area (Å²) in [5.74, 6) is 1.39. The maximum absolute atomic E-state index is 11.4. The number of nitrogens with one attached hydrogen (secondary N) is 1. The van der Waals surface area contributed by atoms with E-state index >= 15 is 0 Å². The van der Waals surface area contributed by atoms with Crippen LogP contribution in [0.4, 0.5) is 0 Å². The summed E-state index contributed by atoms with van der Waals surface area (Å²) < 4.78 is 10.4. The monoisotopic (exact) mass is 258 g/mol. The van der Waals surface area contributed by atoms with E-state index in [0.717, 1.165) is 11.3 Å². The molecular weight excluding hydrogens is 244 g/mol. The largest absolute Gasteiger partial charge is 0.454 e.